The molecule has 0 aromatic carbocycles. The molecule has 0 amide bonds. The molecule has 6 heteroatoms. The zero-order chi connectivity index (χ0) is 11.6. The first-order chi connectivity index (χ1) is 6.87. The number of hydrogen-bond donors (Lipinski definition) is 0. The minimum absolute atomic E-state index is 0.411. The molecule has 1 aliphatic heterocycles. The van der Waals surface area contributed by atoms with Crippen molar-refractivity contribution in [3.63, 3.8) is 0 Å². The van der Waals surface area contributed by atoms with E-state index < -0.39 is 10.2 Å². The van der Waals surface area contributed by atoms with Crippen LogP contribution in [0.2, 0.25) is 0 Å². The van der Waals surface area contributed by atoms with Gasteiger partial charge in [-0.25, -0.2) is 0 Å². The Morgan fingerprint density at radius 3 is 2.13 bits per heavy atom. The lowest BCUT2D eigenvalue weighted by Crippen LogP contribution is -2.48. The Balaban J connectivity index is 2.79. The number of nitrogens with zero attached hydrogens (tertiary/aromatic N) is 2. The van der Waals surface area contributed by atoms with Crippen LogP contribution in [0, 0.1) is 11.8 Å². The summed E-state index contributed by atoms with van der Waals surface area (Å²) in [6.07, 6.45) is 1.09. The molecule has 5 nitrogen and oxygen atoms in total. The van der Waals surface area contributed by atoms with Crippen molar-refractivity contribution in [3.8, 4) is 0 Å². The maximum absolute atomic E-state index is 11.9. The van der Waals surface area contributed by atoms with Crippen LogP contribution in [0.4, 0.5) is 0 Å². The van der Waals surface area contributed by atoms with E-state index in [0.29, 0.717) is 24.9 Å². The van der Waals surface area contributed by atoms with Gasteiger partial charge in [-0.2, -0.15) is 12.7 Å². The van der Waals surface area contributed by atoms with Gasteiger partial charge in [0.1, 0.15) is 0 Å². The maximum atomic E-state index is 11.9. The van der Waals surface area contributed by atoms with Gasteiger partial charge in [-0.15, -0.1) is 0 Å². The molecule has 1 fully saturated rings. The minimum Gasteiger partial charge on any atom is -0.287 e. The highest BCUT2D eigenvalue weighted by Gasteiger charge is 2.33. The van der Waals surface area contributed by atoms with Gasteiger partial charge in [-0.1, -0.05) is 18.3 Å². The fourth-order valence-corrected chi connectivity index (χ4v) is 3.45. The molecule has 1 aliphatic rings. The number of rotatable bonds is 3. The third kappa shape index (κ3) is 2.90. The molecule has 0 spiro atoms. The molecule has 0 aromatic heterocycles. The Labute approximate surface area is 92.1 Å². The molecule has 1 saturated heterocycles. The Bertz CT molecular complexity index is 294. The van der Waals surface area contributed by atoms with E-state index >= 15 is 0 Å². The fraction of sp³-hybridized carbons (Fsp3) is 1.00. The summed E-state index contributed by atoms with van der Waals surface area (Å²) in [7, 11) is -0.662. The van der Waals surface area contributed by atoms with Gasteiger partial charge in [-0.05, 0) is 18.3 Å². The van der Waals surface area contributed by atoms with E-state index in [9.17, 15) is 8.42 Å². The first-order valence-electron chi connectivity index (χ1n) is 5.16. The highest BCUT2D eigenvalue weighted by molar-refractivity contribution is 7.86. The molecule has 0 saturated carbocycles. The lowest BCUT2D eigenvalue weighted by atomic mass is 9.94. The molecular formula is C9H20N2O3S. The SMILES string of the molecule is CON(C)S(=O)(=O)N1CC(C)CC(C)C1. The Hall–Kier alpha value is -0.170. The largest absolute Gasteiger partial charge is 0.303 e. The van der Waals surface area contributed by atoms with Crippen LogP contribution in [0.5, 0.6) is 0 Å². The molecule has 15 heavy (non-hydrogen) atoms. The second-order valence-corrected chi connectivity index (χ2v) is 6.29. The Morgan fingerprint density at radius 2 is 1.73 bits per heavy atom. The Kier molecular flexibility index (Phi) is 4.11. The molecule has 0 aromatic rings. The Morgan fingerprint density at radius 1 is 1.27 bits per heavy atom. The molecule has 2 unspecified atom stereocenters. The quantitative estimate of drug-likeness (QED) is 0.678. The van der Waals surface area contributed by atoms with Crippen molar-refractivity contribution in [3.05, 3.63) is 0 Å². The number of hydrogen-bond acceptors (Lipinski definition) is 3. The molecule has 0 bridgehead atoms. The maximum Gasteiger partial charge on any atom is 0.303 e. The first-order valence-corrected chi connectivity index (χ1v) is 6.55. The number of hydroxylamine groups is 1. The minimum atomic E-state index is -3.43. The lowest BCUT2D eigenvalue weighted by molar-refractivity contribution is -0.0334. The molecule has 0 aliphatic carbocycles. The molecule has 1 rings (SSSR count). The summed E-state index contributed by atoms with van der Waals surface area (Å²) in [5.74, 6) is 0.822. The summed E-state index contributed by atoms with van der Waals surface area (Å²) < 4.78 is 26.3. The van der Waals surface area contributed by atoms with Crippen molar-refractivity contribution in [2.45, 2.75) is 20.3 Å². The van der Waals surface area contributed by atoms with Gasteiger partial charge in [-0.3, -0.25) is 4.84 Å². The van der Waals surface area contributed by atoms with E-state index in [-0.39, 0.29) is 0 Å². The van der Waals surface area contributed by atoms with E-state index in [2.05, 4.69) is 13.8 Å². The van der Waals surface area contributed by atoms with Gasteiger partial charge < -0.3 is 0 Å². The molecular weight excluding hydrogens is 216 g/mol. The topological polar surface area (TPSA) is 49.9 Å². The molecule has 0 N–H and O–H groups in total. The summed E-state index contributed by atoms with van der Waals surface area (Å²) in [5.41, 5.74) is 0. The standard InChI is InChI=1S/C9H20N2O3S/c1-8-5-9(2)7-11(6-8)15(12,13)10(3)14-4/h8-9H,5-7H2,1-4H3. The smallest absolute Gasteiger partial charge is 0.287 e. The summed E-state index contributed by atoms with van der Waals surface area (Å²) in [5, 5.41) is 0. The van der Waals surface area contributed by atoms with E-state index in [1.165, 1.54) is 18.5 Å². The van der Waals surface area contributed by atoms with Crippen LogP contribution in [-0.2, 0) is 15.0 Å². The van der Waals surface area contributed by atoms with Gasteiger partial charge in [0.25, 0.3) is 0 Å². The summed E-state index contributed by atoms with van der Waals surface area (Å²) in [4.78, 5) is 4.74. The summed E-state index contributed by atoms with van der Waals surface area (Å²) >= 11 is 0. The van der Waals surface area contributed by atoms with Crippen LogP contribution in [0.15, 0.2) is 0 Å². The molecule has 2 atom stereocenters. The average Bonchev–Trinajstić information content (AvgIpc) is 2.15. The van der Waals surface area contributed by atoms with Crippen LogP contribution in [0.25, 0.3) is 0 Å². The van der Waals surface area contributed by atoms with Gasteiger partial charge in [0, 0.05) is 20.1 Å². The van der Waals surface area contributed by atoms with Crippen molar-refractivity contribution in [2.24, 2.45) is 11.8 Å². The fourth-order valence-electron chi connectivity index (χ4n) is 2.05. The van der Waals surface area contributed by atoms with Crippen molar-refractivity contribution in [1.82, 2.24) is 8.77 Å². The average molecular weight is 236 g/mol. The normalized spacial score (nSPS) is 29.7. The van der Waals surface area contributed by atoms with E-state index in [1.807, 2.05) is 0 Å². The van der Waals surface area contributed by atoms with Crippen molar-refractivity contribution >= 4 is 10.2 Å². The monoisotopic (exact) mass is 236 g/mol. The second-order valence-electron chi connectivity index (χ2n) is 4.36. The highest BCUT2D eigenvalue weighted by atomic mass is 32.2. The molecule has 90 valence electrons. The molecule has 1 heterocycles. The van der Waals surface area contributed by atoms with Crippen molar-refractivity contribution in [2.75, 3.05) is 27.2 Å². The van der Waals surface area contributed by atoms with Crippen molar-refractivity contribution in [1.29, 1.82) is 0 Å². The zero-order valence-electron chi connectivity index (χ0n) is 9.80. The molecule has 0 radical (unpaired) electrons. The van der Waals surface area contributed by atoms with Gasteiger partial charge in [0.2, 0.25) is 0 Å². The predicted octanol–water partition coefficient (Wildman–Crippen LogP) is 0.702. The van der Waals surface area contributed by atoms with Crippen LogP contribution in [0.3, 0.4) is 0 Å². The van der Waals surface area contributed by atoms with E-state index in [1.54, 1.807) is 0 Å². The number of piperidine rings is 1. The zero-order valence-corrected chi connectivity index (χ0v) is 10.6. The van der Waals surface area contributed by atoms with Crippen LogP contribution >= 0.6 is 0 Å². The third-order valence-electron chi connectivity index (χ3n) is 2.74. The van der Waals surface area contributed by atoms with Gasteiger partial charge in [0.05, 0.1) is 7.11 Å². The lowest BCUT2D eigenvalue weighted by Gasteiger charge is -2.35. The van der Waals surface area contributed by atoms with E-state index in [0.717, 1.165) is 10.9 Å². The van der Waals surface area contributed by atoms with Gasteiger partial charge in [0.15, 0.2) is 0 Å². The highest BCUT2D eigenvalue weighted by Crippen LogP contribution is 2.24. The summed E-state index contributed by atoms with van der Waals surface area (Å²) in [6, 6.07) is 0. The van der Waals surface area contributed by atoms with Crippen LogP contribution < -0.4 is 0 Å². The van der Waals surface area contributed by atoms with Crippen LogP contribution in [-0.4, -0.2) is 44.4 Å². The van der Waals surface area contributed by atoms with Gasteiger partial charge >= 0.3 is 10.2 Å². The summed E-state index contributed by atoms with van der Waals surface area (Å²) in [6.45, 7) is 5.32. The second kappa shape index (κ2) is 4.78. The first kappa shape index (κ1) is 12.9. The predicted molar refractivity (Wildman–Crippen MR) is 58.2 cm³/mol. The van der Waals surface area contributed by atoms with Crippen LogP contribution in [0.1, 0.15) is 20.3 Å². The van der Waals surface area contributed by atoms with E-state index in [4.69, 9.17) is 4.84 Å². The van der Waals surface area contributed by atoms with Crippen molar-refractivity contribution < 1.29 is 13.3 Å². The third-order valence-corrected chi connectivity index (χ3v) is 4.49.